The number of hydrogen-bond acceptors (Lipinski definition) is 4. The molecule has 0 saturated heterocycles. The maximum atomic E-state index is 11.0. The van der Waals surface area contributed by atoms with E-state index in [1.165, 1.54) is 59.3 Å². The van der Waals surface area contributed by atoms with E-state index < -0.39 is 0 Å². The summed E-state index contributed by atoms with van der Waals surface area (Å²) >= 11 is 1.52. The minimum absolute atomic E-state index is 0.234. The van der Waals surface area contributed by atoms with Crippen molar-refractivity contribution in [3.8, 4) is 11.8 Å². The predicted octanol–water partition coefficient (Wildman–Crippen LogP) is 8.78. The number of unbranched alkanes of at least 4 members (excludes halogenated alkanes) is 2. The normalized spacial score (nSPS) is 13.3. The van der Waals surface area contributed by atoms with Crippen LogP contribution in [0, 0.1) is 11.8 Å². The summed E-state index contributed by atoms with van der Waals surface area (Å²) < 4.78 is 4.60. The van der Waals surface area contributed by atoms with Crippen LogP contribution in [0.3, 0.4) is 0 Å². The van der Waals surface area contributed by atoms with Gasteiger partial charge in [0.1, 0.15) is 4.88 Å². The molecule has 0 spiro atoms. The molecule has 1 heterocycles. The average Bonchev–Trinajstić information content (AvgIpc) is 3.63. The standard InChI is InChI=1S/C25H28O.C9H12O2S/c1-2-3-5-13-25(26)23-18-16-22(17-19-23)24-12-8-11-21(24)15-14-20-9-6-4-7-10-20;1-3-4-7-5-6-8(12-7)9(10)11-2/h4,6-7,9-10,16-19,25-26H,2-3,5,8,11-13H2,1H3;5-6H,3-4H2,1-2H3. The van der Waals surface area contributed by atoms with Gasteiger partial charge in [0.15, 0.2) is 0 Å². The van der Waals surface area contributed by atoms with Gasteiger partial charge in [-0.05, 0) is 73.1 Å². The van der Waals surface area contributed by atoms with Crippen molar-refractivity contribution in [1.82, 2.24) is 0 Å². The molecule has 1 aliphatic carbocycles. The second-order valence-corrected chi connectivity index (χ2v) is 10.7. The molecule has 4 heteroatoms. The van der Waals surface area contributed by atoms with E-state index in [4.69, 9.17) is 0 Å². The Bertz CT molecular complexity index is 1230. The zero-order valence-electron chi connectivity index (χ0n) is 23.0. The number of aryl methyl sites for hydroxylation is 1. The number of thiophene rings is 1. The number of aliphatic hydroxyl groups excluding tert-OH is 1. The third kappa shape index (κ3) is 9.01. The molecule has 38 heavy (non-hydrogen) atoms. The fourth-order valence-corrected chi connectivity index (χ4v) is 5.53. The summed E-state index contributed by atoms with van der Waals surface area (Å²) in [6.45, 7) is 4.31. The zero-order chi connectivity index (χ0) is 27.2. The summed E-state index contributed by atoms with van der Waals surface area (Å²) in [7, 11) is 1.40. The molecular formula is C34H40O3S. The average molecular weight is 529 g/mol. The Morgan fingerprint density at radius 1 is 0.947 bits per heavy atom. The van der Waals surface area contributed by atoms with Crippen LogP contribution in [0.25, 0.3) is 5.57 Å². The van der Waals surface area contributed by atoms with Gasteiger partial charge in [-0.15, -0.1) is 11.3 Å². The Labute approximate surface area is 232 Å². The van der Waals surface area contributed by atoms with Gasteiger partial charge >= 0.3 is 5.97 Å². The number of aliphatic hydroxyl groups is 1. The van der Waals surface area contributed by atoms with E-state index in [2.05, 4.69) is 66.8 Å². The summed E-state index contributed by atoms with van der Waals surface area (Å²) in [5.74, 6) is 6.46. The number of carbonyl (C=O) groups is 1. The molecule has 1 unspecified atom stereocenters. The lowest BCUT2D eigenvalue weighted by Gasteiger charge is -2.12. The highest BCUT2D eigenvalue weighted by Gasteiger charge is 2.15. The van der Waals surface area contributed by atoms with Gasteiger partial charge in [-0.25, -0.2) is 4.79 Å². The van der Waals surface area contributed by atoms with Crippen molar-refractivity contribution in [2.45, 2.75) is 77.7 Å². The smallest absolute Gasteiger partial charge is 0.348 e. The van der Waals surface area contributed by atoms with Crippen molar-refractivity contribution in [2.75, 3.05) is 7.11 Å². The van der Waals surface area contributed by atoms with Gasteiger partial charge in [-0.1, -0.05) is 93.8 Å². The SMILES string of the molecule is CCCCCC(O)c1ccc(C2=C(C#Cc3ccccc3)CCC2)cc1.CCCc1ccc(C(=O)OC)s1. The molecule has 0 saturated carbocycles. The van der Waals surface area contributed by atoms with Crippen molar-refractivity contribution in [1.29, 1.82) is 0 Å². The summed E-state index contributed by atoms with van der Waals surface area (Å²) in [6.07, 6.45) is 9.46. The molecule has 0 amide bonds. The first kappa shape index (κ1) is 29.4. The lowest BCUT2D eigenvalue weighted by Crippen LogP contribution is -1.97. The Hall–Kier alpha value is -3.13. The Morgan fingerprint density at radius 2 is 1.71 bits per heavy atom. The molecule has 1 aromatic heterocycles. The fourth-order valence-electron chi connectivity index (χ4n) is 4.50. The van der Waals surface area contributed by atoms with E-state index in [1.807, 2.05) is 30.3 Å². The molecule has 0 aliphatic heterocycles. The summed E-state index contributed by atoms with van der Waals surface area (Å²) in [5, 5.41) is 10.3. The first-order chi connectivity index (χ1) is 18.5. The summed E-state index contributed by atoms with van der Waals surface area (Å²) in [6, 6.07) is 22.5. The number of hydrogen-bond donors (Lipinski definition) is 1. The largest absolute Gasteiger partial charge is 0.465 e. The van der Waals surface area contributed by atoms with Crippen LogP contribution in [-0.2, 0) is 11.2 Å². The van der Waals surface area contributed by atoms with Crippen molar-refractivity contribution in [3.63, 3.8) is 0 Å². The van der Waals surface area contributed by atoms with Crippen molar-refractivity contribution in [2.24, 2.45) is 0 Å². The lowest BCUT2D eigenvalue weighted by molar-refractivity contribution is 0.0606. The first-order valence-corrected chi connectivity index (χ1v) is 14.6. The topological polar surface area (TPSA) is 46.5 Å². The number of ether oxygens (including phenoxy) is 1. The molecule has 3 nitrogen and oxygen atoms in total. The number of methoxy groups -OCH3 is 1. The summed E-state index contributed by atoms with van der Waals surface area (Å²) in [4.78, 5) is 13.0. The van der Waals surface area contributed by atoms with Crippen LogP contribution >= 0.6 is 11.3 Å². The van der Waals surface area contributed by atoms with Crippen LogP contribution in [0.15, 0.2) is 72.3 Å². The monoisotopic (exact) mass is 528 g/mol. The van der Waals surface area contributed by atoms with Gasteiger partial charge < -0.3 is 9.84 Å². The molecular weight excluding hydrogens is 488 g/mol. The van der Waals surface area contributed by atoms with Crippen LogP contribution in [-0.4, -0.2) is 18.2 Å². The Kier molecular flexibility index (Phi) is 12.4. The fraction of sp³-hybridized carbons (Fsp3) is 0.382. The molecule has 1 atom stereocenters. The van der Waals surface area contributed by atoms with Crippen molar-refractivity contribution >= 4 is 22.9 Å². The highest BCUT2D eigenvalue weighted by atomic mass is 32.1. The second-order valence-electron chi connectivity index (χ2n) is 9.57. The predicted molar refractivity (Wildman–Crippen MR) is 159 cm³/mol. The Balaban J connectivity index is 0.000000279. The zero-order valence-corrected chi connectivity index (χ0v) is 23.8. The van der Waals surface area contributed by atoms with E-state index in [0.29, 0.717) is 4.88 Å². The van der Waals surface area contributed by atoms with Crippen LogP contribution in [0.4, 0.5) is 0 Å². The van der Waals surface area contributed by atoms with Crippen molar-refractivity contribution in [3.05, 3.63) is 98.7 Å². The number of rotatable bonds is 9. The molecule has 0 fully saturated rings. The van der Waals surface area contributed by atoms with Crippen LogP contribution in [0.5, 0.6) is 0 Å². The molecule has 200 valence electrons. The van der Waals surface area contributed by atoms with Gasteiger partial charge in [-0.2, -0.15) is 0 Å². The second kappa shape index (κ2) is 16.0. The van der Waals surface area contributed by atoms with Crippen molar-refractivity contribution < 1.29 is 14.6 Å². The van der Waals surface area contributed by atoms with Crippen LogP contribution in [0.2, 0.25) is 0 Å². The molecule has 2 aromatic carbocycles. The van der Waals surface area contributed by atoms with E-state index in [1.54, 1.807) is 0 Å². The molecule has 1 N–H and O–H groups in total. The van der Waals surface area contributed by atoms with Gasteiger partial charge in [0.2, 0.25) is 0 Å². The third-order valence-electron chi connectivity index (χ3n) is 6.62. The highest BCUT2D eigenvalue weighted by Crippen LogP contribution is 2.34. The third-order valence-corrected chi connectivity index (χ3v) is 7.74. The first-order valence-electron chi connectivity index (χ1n) is 13.8. The minimum Gasteiger partial charge on any atom is -0.465 e. The molecule has 4 rings (SSSR count). The number of carbonyl (C=O) groups excluding carboxylic acids is 1. The van der Waals surface area contributed by atoms with E-state index in [9.17, 15) is 9.90 Å². The lowest BCUT2D eigenvalue weighted by atomic mass is 9.97. The summed E-state index contributed by atoms with van der Waals surface area (Å²) in [5.41, 5.74) is 5.99. The molecule has 0 bridgehead atoms. The van der Waals surface area contributed by atoms with Gasteiger partial charge in [0.25, 0.3) is 0 Å². The van der Waals surface area contributed by atoms with Crippen LogP contribution < -0.4 is 0 Å². The number of benzene rings is 2. The van der Waals surface area contributed by atoms with Crippen LogP contribution in [0.1, 0.15) is 103 Å². The van der Waals surface area contributed by atoms with E-state index in [-0.39, 0.29) is 12.1 Å². The quantitative estimate of drug-likeness (QED) is 0.171. The van der Waals surface area contributed by atoms with Gasteiger partial charge in [0.05, 0.1) is 13.2 Å². The maximum Gasteiger partial charge on any atom is 0.348 e. The number of esters is 1. The Morgan fingerprint density at radius 3 is 2.39 bits per heavy atom. The molecule has 0 radical (unpaired) electrons. The highest BCUT2D eigenvalue weighted by molar-refractivity contribution is 7.13. The molecule has 1 aliphatic rings. The maximum absolute atomic E-state index is 11.0. The van der Waals surface area contributed by atoms with E-state index >= 15 is 0 Å². The van der Waals surface area contributed by atoms with E-state index in [0.717, 1.165) is 49.7 Å². The van der Waals surface area contributed by atoms with Gasteiger partial charge in [0, 0.05) is 16.0 Å². The van der Waals surface area contributed by atoms with Gasteiger partial charge in [-0.3, -0.25) is 0 Å². The molecule has 3 aromatic rings. The minimum atomic E-state index is -0.342. The number of allylic oxidation sites excluding steroid dienone is 2.